The first-order valence-electron chi connectivity index (χ1n) is 4.56. The smallest absolute Gasteiger partial charge is 0.118 e. The molecule has 14 heavy (non-hydrogen) atoms. The van der Waals surface area contributed by atoms with E-state index < -0.39 is 0 Å². The van der Waals surface area contributed by atoms with Crippen LogP contribution in [0.4, 0.5) is 0 Å². The number of aryl methyl sites for hydroxylation is 1. The maximum atomic E-state index is 8.46. The van der Waals surface area contributed by atoms with Crippen molar-refractivity contribution < 1.29 is 9.94 Å². The van der Waals surface area contributed by atoms with Crippen molar-refractivity contribution in [2.24, 2.45) is 5.16 Å². The van der Waals surface area contributed by atoms with Gasteiger partial charge in [-0.05, 0) is 37.5 Å². The molecule has 1 rings (SSSR count). The first kappa shape index (κ1) is 10.6. The third-order valence-corrected chi connectivity index (χ3v) is 2.11. The molecule has 0 aliphatic carbocycles. The second-order valence-corrected chi connectivity index (χ2v) is 3.18. The van der Waals surface area contributed by atoms with Crippen molar-refractivity contribution in [2.75, 3.05) is 7.11 Å². The molecule has 1 N–H and O–H groups in total. The highest BCUT2D eigenvalue weighted by Gasteiger charge is 1.96. The number of oxime groups is 1. The van der Waals surface area contributed by atoms with Crippen LogP contribution in [0.5, 0.6) is 5.75 Å². The fourth-order valence-corrected chi connectivity index (χ4v) is 1.17. The first-order valence-corrected chi connectivity index (χ1v) is 4.56. The van der Waals surface area contributed by atoms with Crippen LogP contribution in [0.3, 0.4) is 0 Å². The zero-order valence-electron chi connectivity index (χ0n) is 8.53. The summed E-state index contributed by atoms with van der Waals surface area (Å²) >= 11 is 0. The van der Waals surface area contributed by atoms with E-state index in [1.54, 1.807) is 7.11 Å². The Hall–Kier alpha value is -1.51. The fourth-order valence-electron chi connectivity index (χ4n) is 1.17. The van der Waals surface area contributed by atoms with Crippen LogP contribution in [0.15, 0.2) is 29.4 Å². The third kappa shape index (κ3) is 3.09. The van der Waals surface area contributed by atoms with Gasteiger partial charge in [0.25, 0.3) is 0 Å². The van der Waals surface area contributed by atoms with Gasteiger partial charge in [0, 0.05) is 0 Å². The van der Waals surface area contributed by atoms with Crippen molar-refractivity contribution in [1.82, 2.24) is 0 Å². The molecule has 0 saturated heterocycles. The molecule has 0 heterocycles. The molecule has 3 nitrogen and oxygen atoms in total. The van der Waals surface area contributed by atoms with Crippen LogP contribution in [-0.4, -0.2) is 18.0 Å². The SMILES string of the molecule is COc1ccc(CCC(C)=NO)cc1. The Morgan fingerprint density at radius 1 is 1.36 bits per heavy atom. The molecule has 0 saturated carbocycles. The zero-order chi connectivity index (χ0) is 10.4. The van der Waals surface area contributed by atoms with Crippen LogP contribution < -0.4 is 4.74 Å². The van der Waals surface area contributed by atoms with E-state index >= 15 is 0 Å². The topological polar surface area (TPSA) is 41.8 Å². The summed E-state index contributed by atoms with van der Waals surface area (Å²) in [4.78, 5) is 0. The van der Waals surface area contributed by atoms with Crippen LogP contribution >= 0.6 is 0 Å². The minimum Gasteiger partial charge on any atom is -0.497 e. The Balaban J connectivity index is 2.52. The van der Waals surface area contributed by atoms with Gasteiger partial charge in [-0.3, -0.25) is 0 Å². The molecule has 0 aromatic heterocycles. The number of hydrogen-bond acceptors (Lipinski definition) is 3. The number of ether oxygens (including phenoxy) is 1. The lowest BCUT2D eigenvalue weighted by molar-refractivity contribution is 0.317. The monoisotopic (exact) mass is 193 g/mol. The molecule has 1 aromatic carbocycles. The average Bonchev–Trinajstić information content (AvgIpc) is 2.26. The standard InChI is InChI=1S/C11H15NO2/c1-9(12-13)3-4-10-5-7-11(14-2)8-6-10/h5-8,13H,3-4H2,1-2H3. The highest BCUT2D eigenvalue weighted by Crippen LogP contribution is 2.12. The van der Waals surface area contributed by atoms with Gasteiger partial charge in [-0.1, -0.05) is 17.3 Å². The number of benzene rings is 1. The average molecular weight is 193 g/mol. The lowest BCUT2D eigenvalue weighted by Gasteiger charge is -2.02. The normalized spacial score (nSPS) is 11.4. The van der Waals surface area contributed by atoms with E-state index in [1.165, 1.54) is 5.56 Å². The summed E-state index contributed by atoms with van der Waals surface area (Å²) in [5, 5.41) is 11.6. The van der Waals surface area contributed by atoms with Crippen molar-refractivity contribution >= 4 is 5.71 Å². The van der Waals surface area contributed by atoms with Gasteiger partial charge in [0.15, 0.2) is 0 Å². The predicted molar refractivity (Wildman–Crippen MR) is 56.2 cm³/mol. The molecule has 3 heteroatoms. The molecule has 0 radical (unpaired) electrons. The molecule has 1 aromatic rings. The van der Waals surface area contributed by atoms with Gasteiger partial charge in [-0.25, -0.2) is 0 Å². The van der Waals surface area contributed by atoms with E-state index in [1.807, 2.05) is 31.2 Å². The van der Waals surface area contributed by atoms with Crippen LogP contribution in [-0.2, 0) is 6.42 Å². The first-order chi connectivity index (χ1) is 6.76. The Morgan fingerprint density at radius 2 is 2.00 bits per heavy atom. The molecular formula is C11H15NO2. The predicted octanol–water partition coefficient (Wildman–Crippen LogP) is 2.48. The molecule has 0 unspecified atom stereocenters. The molecule has 0 atom stereocenters. The van der Waals surface area contributed by atoms with Crippen molar-refractivity contribution in [2.45, 2.75) is 19.8 Å². The summed E-state index contributed by atoms with van der Waals surface area (Å²) in [5.74, 6) is 0.862. The minimum atomic E-state index is 0.751. The van der Waals surface area contributed by atoms with E-state index in [0.29, 0.717) is 0 Å². The largest absolute Gasteiger partial charge is 0.497 e. The van der Waals surface area contributed by atoms with Crippen LogP contribution in [0.2, 0.25) is 0 Å². The third-order valence-electron chi connectivity index (χ3n) is 2.11. The molecule has 0 amide bonds. The maximum Gasteiger partial charge on any atom is 0.118 e. The Morgan fingerprint density at radius 3 is 2.50 bits per heavy atom. The van der Waals surface area contributed by atoms with E-state index in [0.717, 1.165) is 24.3 Å². The van der Waals surface area contributed by atoms with E-state index in [9.17, 15) is 0 Å². The number of nitrogens with zero attached hydrogens (tertiary/aromatic N) is 1. The zero-order valence-corrected chi connectivity index (χ0v) is 8.53. The van der Waals surface area contributed by atoms with Crippen molar-refractivity contribution in [3.63, 3.8) is 0 Å². The van der Waals surface area contributed by atoms with E-state index in [-0.39, 0.29) is 0 Å². The molecule has 76 valence electrons. The highest BCUT2D eigenvalue weighted by atomic mass is 16.5. The van der Waals surface area contributed by atoms with Crippen molar-refractivity contribution in [1.29, 1.82) is 0 Å². The quantitative estimate of drug-likeness (QED) is 0.453. The highest BCUT2D eigenvalue weighted by molar-refractivity contribution is 5.81. The number of hydrogen-bond donors (Lipinski definition) is 1. The van der Waals surface area contributed by atoms with Crippen molar-refractivity contribution in [3.8, 4) is 5.75 Å². The van der Waals surface area contributed by atoms with Gasteiger partial charge in [-0.2, -0.15) is 0 Å². The summed E-state index contributed by atoms with van der Waals surface area (Å²) in [6.07, 6.45) is 1.67. The van der Waals surface area contributed by atoms with Gasteiger partial charge in [0.1, 0.15) is 5.75 Å². The maximum absolute atomic E-state index is 8.46. The summed E-state index contributed by atoms with van der Waals surface area (Å²) < 4.78 is 5.05. The number of methoxy groups -OCH3 is 1. The lowest BCUT2D eigenvalue weighted by Crippen LogP contribution is -1.95. The molecule has 0 aliphatic heterocycles. The Kier molecular flexibility index (Phi) is 3.98. The van der Waals surface area contributed by atoms with E-state index in [4.69, 9.17) is 9.94 Å². The van der Waals surface area contributed by atoms with Gasteiger partial charge >= 0.3 is 0 Å². The summed E-state index contributed by atoms with van der Waals surface area (Å²) in [7, 11) is 1.65. The van der Waals surface area contributed by atoms with Gasteiger partial charge < -0.3 is 9.94 Å². The van der Waals surface area contributed by atoms with Crippen LogP contribution in [0.25, 0.3) is 0 Å². The van der Waals surface area contributed by atoms with Crippen molar-refractivity contribution in [3.05, 3.63) is 29.8 Å². The van der Waals surface area contributed by atoms with Gasteiger partial charge in [-0.15, -0.1) is 0 Å². The number of rotatable bonds is 4. The molecule has 0 bridgehead atoms. The van der Waals surface area contributed by atoms with Crippen LogP contribution in [0.1, 0.15) is 18.9 Å². The lowest BCUT2D eigenvalue weighted by atomic mass is 10.1. The second kappa shape index (κ2) is 5.27. The van der Waals surface area contributed by atoms with Gasteiger partial charge in [0.2, 0.25) is 0 Å². The molecule has 0 spiro atoms. The fraction of sp³-hybridized carbons (Fsp3) is 0.364. The summed E-state index contributed by atoms with van der Waals surface area (Å²) in [5.41, 5.74) is 1.97. The van der Waals surface area contributed by atoms with Gasteiger partial charge in [0.05, 0.1) is 12.8 Å². The molecule has 0 fully saturated rings. The summed E-state index contributed by atoms with van der Waals surface area (Å²) in [6, 6.07) is 7.90. The summed E-state index contributed by atoms with van der Waals surface area (Å²) in [6.45, 7) is 1.81. The van der Waals surface area contributed by atoms with E-state index in [2.05, 4.69) is 5.16 Å². The minimum absolute atomic E-state index is 0.751. The Labute approximate surface area is 84.0 Å². The van der Waals surface area contributed by atoms with Crippen LogP contribution in [0, 0.1) is 0 Å². The molecular weight excluding hydrogens is 178 g/mol. The Bertz CT molecular complexity index is 304. The second-order valence-electron chi connectivity index (χ2n) is 3.18. The molecule has 0 aliphatic rings.